The standard InChI is InChI=1S/C10H14F3NO2/c1-5-9(3,4)8(16)14-7(15)6(2)10(11,12)13/h2,5H2,1,3-4H3,(H,14,15,16). The second kappa shape index (κ2) is 4.67. The molecular weight excluding hydrogens is 223 g/mol. The molecule has 16 heavy (non-hydrogen) atoms. The molecule has 0 saturated heterocycles. The summed E-state index contributed by atoms with van der Waals surface area (Å²) in [6, 6.07) is 0. The molecule has 92 valence electrons. The first kappa shape index (κ1) is 14.7. The Balaban J connectivity index is 4.61. The predicted octanol–water partition coefficient (Wildman–Crippen LogP) is 2.18. The van der Waals surface area contributed by atoms with Crippen molar-refractivity contribution in [3.63, 3.8) is 0 Å². The number of rotatable bonds is 3. The van der Waals surface area contributed by atoms with Crippen molar-refractivity contribution in [3.8, 4) is 0 Å². The molecule has 0 fully saturated rings. The van der Waals surface area contributed by atoms with Crippen molar-refractivity contribution in [1.82, 2.24) is 5.32 Å². The Bertz CT molecular complexity index is 319. The first-order valence-corrected chi connectivity index (χ1v) is 4.64. The maximum absolute atomic E-state index is 12.1. The molecular formula is C10H14F3NO2. The van der Waals surface area contributed by atoms with Gasteiger partial charge < -0.3 is 0 Å². The number of carbonyl (C=O) groups is 2. The zero-order chi connectivity index (χ0) is 13.1. The van der Waals surface area contributed by atoms with Crippen LogP contribution in [0.4, 0.5) is 13.2 Å². The molecule has 0 saturated carbocycles. The lowest BCUT2D eigenvalue weighted by Crippen LogP contribution is -2.42. The van der Waals surface area contributed by atoms with E-state index in [1.54, 1.807) is 12.2 Å². The summed E-state index contributed by atoms with van der Waals surface area (Å²) in [4.78, 5) is 22.4. The van der Waals surface area contributed by atoms with Gasteiger partial charge in [0, 0.05) is 5.41 Å². The van der Waals surface area contributed by atoms with Gasteiger partial charge in [-0.25, -0.2) is 0 Å². The van der Waals surface area contributed by atoms with Crippen molar-refractivity contribution in [3.05, 3.63) is 12.2 Å². The number of hydrogen-bond acceptors (Lipinski definition) is 2. The molecule has 0 rings (SSSR count). The van der Waals surface area contributed by atoms with E-state index in [1.807, 2.05) is 0 Å². The normalized spacial score (nSPS) is 12.1. The van der Waals surface area contributed by atoms with E-state index in [0.717, 1.165) is 0 Å². The minimum Gasteiger partial charge on any atom is -0.292 e. The number of amides is 2. The Hall–Kier alpha value is -1.33. The van der Waals surface area contributed by atoms with Crippen molar-refractivity contribution in [2.75, 3.05) is 0 Å². The van der Waals surface area contributed by atoms with E-state index in [9.17, 15) is 22.8 Å². The van der Waals surface area contributed by atoms with E-state index in [1.165, 1.54) is 13.8 Å². The molecule has 0 aliphatic carbocycles. The minimum absolute atomic E-state index is 0.407. The van der Waals surface area contributed by atoms with E-state index in [2.05, 4.69) is 6.58 Å². The summed E-state index contributed by atoms with van der Waals surface area (Å²) in [5, 5.41) is 1.68. The summed E-state index contributed by atoms with van der Waals surface area (Å²) in [7, 11) is 0. The summed E-state index contributed by atoms with van der Waals surface area (Å²) in [6.45, 7) is 7.36. The predicted molar refractivity (Wildman–Crippen MR) is 52.4 cm³/mol. The Kier molecular flexibility index (Phi) is 4.28. The van der Waals surface area contributed by atoms with Gasteiger partial charge in [0.25, 0.3) is 5.91 Å². The summed E-state index contributed by atoms with van der Waals surface area (Å²) in [6.07, 6.45) is -4.41. The van der Waals surface area contributed by atoms with E-state index in [-0.39, 0.29) is 0 Å². The van der Waals surface area contributed by atoms with Crippen molar-refractivity contribution in [2.45, 2.75) is 33.4 Å². The molecule has 0 aromatic rings. The second-order valence-corrected chi connectivity index (χ2v) is 4.00. The van der Waals surface area contributed by atoms with E-state index in [0.29, 0.717) is 6.42 Å². The fourth-order valence-corrected chi connectivity index (χ4v) is 0.637. The summed E-state index contributed by atoms with van der Waals surface area (Å²) in [5.74, 6) is -2.25. The van der Waals surface area contributed by atoms with Crippen LogP contribution in [-0.4, -0.2) is 18.0 Å². The van der Waals surface area contributed by atoms with Crippen LogP contribution in [0, 0.1) is 5.41 Å². The molecule has 1 N–H and O–H groups in total. The average Bonchev–Trinajstić information content (AvgIpc) is 2.14. The van der Waals surface area contributed by atoms with Crippen LogP contribution < -0.4 is 5.32 Å². The van der Waals surface area contributed by atoms with Crippen LogP contribution in [-0.2, 0) is 9.59 Å². The fourth-order valence-electron chi connectivity index (χ4n) is 0.637. The highest BCUT2D eigenvalue weighted by Gasteiger charge is 2.38. The van der Waals surface area contributed by atoms with Gasteiger partial charge in [-0.05, 0) is 6.42 Å². The van der Waals surface area contributed by atoms with Gasteiger partial charge in [0.2, 0.25) is 5.91 Å². The Morgan fingerprint density at radius 3 is 2.00 bits per heavy atom. The Morgan fingerprint density at radius 1 is 1.25 bits per heavy atom. The molecule has 0 aromatic carbocycles. The fraction of sp³-hybridized carbons (Fsp3) is 0.600. The van der Waals surface area contributed by atoms with Crippen LogP contribution in [0.1, 0.15) is 27.2 Å². The molecule has 0 aromatic heterocycles. The van der Waals surface area contributed by atoms with Crippen molar-refractivity contribution in [2.24, 2.45) is 5.41 Å². The Morgan fingerprint density at radius 2 is 1.69 bits per heavy atom. The second-order valence-electron chi connectivity index (χ2n) is 4.00. The van der Waals surface area contributed by atoms with Gasteiger partial charge in [0.1, 0.15) is 5.57 Å². The SMILES string of the molecule is C=C(C(=O)NC(=O)C(C)(C)CC)C(F)(F)F. The zero-order valence-electron chi connectivity index (χ0n) is 9.36. The number of alkyl halides is 3. The third-order valence-corrected chi connectivity index (χ3v) is 2.34. The average molecular weight is 237 g/mol. The van der Waals surface area contributed by atoms with E-state index < -0.39 is 29.0 Å². The van der Waals surface area contributed by atoms with Crippen molar-refractivity contribution < 1.29 is 22.8 Å². The first-order valence-electron chi connectivity index (χ1n) is 4.64. The van der Waals surface area contributed by atoms with Gasteiger partial charge in [-0.1, -0.05) is 27.4 Å². The summed E-state index contributed by atoms with van der Waals surface area (Å²) in [5.41, 5.74) is -2.46. The quantitative estimate of drug-likeness (QED) is 0.765. The smallest absolute Gasteiger partial charge is 0.292 e. The molecule has 6 heteroatoms. The number of nitrogens with one attached hydrogen (secondary N) is 1. The molecule has 2 amide bonds. The van der Waals surface area contributed by atoms with Crippen molar-refractivity contribution >= 4 is 11.8 Å². The van der Waals surface area contributed by atoms with Gasteiger partial charge in [-0.3, -0.25) is 14.9 Å². The highest BCUT2D eigenvalue weighted by atomic mass is 19.4. The van der Waals surface area contributed by atoms with Gasteiger partial charge in [-0.15, -0.1) is 0 Å². The van der Waals surface area contributed by atoms with E-state index in [4.69, 9.17) is 0 Å². The van der Waals surface area contributed by atoms with Gasteiger partial charge in [0.05, 0.1) is 0 Å². The molecule has 0 heterocycles. The zero-order valence-corrected chi connectivity index (χ0v) is 9.36. The van der Waals surface area contributed by atoms with Gasteiger partial charge >= 0.3 is 6.18 Å². The van der Waals surface area contributed by atoms with Crippen LogP contribution in [0.5, 0.6) is 0 Å². The monoisotopic (exact) mass is 237 g/mol. The van der Waals surface area contributed by atoms with E-state index >= 15 is 0 Å². The molecule has 0 spiro atoms. The van der Waals surface area contributed by atoms with Gasteiger partial charge in [0.15, 0.2) is 0 Å². The van der Waals surface area contributed by atoms with Crippen LogP contribution in [0.25, 0.3) is 0 Å². The van der Waals surface area contributed by atoms with Gasteiger partial charge in [-0.2, -0.15) is 13.2 Å². The molecule has 0 atom stereocenters. The largest absolute Gasteiger partial charge is 0.421 e. The third kappa shape index (κ3) is 3.67. The third-order valence-electron chi connectivity index (χ3n) is 2.34. The van der Waals surface area contributed by atoms with Crippen molar-refractivity contribution in [1.29, 1.82) is 0 Å². The number of carbonyl (C=O) groups excluding carboxylic acids is 2. The lowest BCUT2D eigenvalue weighted by atomic mass is 9.89. The molecule has 0 radical (unpaired) electrons. The van der Waals surface area contributed by atoms with Crippen LogP contribution in [0.3, 0.4) is 0 Å². The lowest BCUT2D eigenvalue weighted by Gasteiger charge is -2.21. The van der Waals surface area contributed by atoms with Crippen LogP contribution in [0.2, 0.25) is 0 Å². The highest BCUT2D eigenvalue weighted by Crippen LogP contribution is 2.25. The number of imide groups is 1. The molecule has 3 nitrogen and oxygen atoms in total. The topological polar surface area (TPSA) is 46.2 Å². The molecule has 0 unspecified atom stereocenters. The Labute approximate surface area is 91.7 Å². The lowest BCUT2D eigenvalue weighted by molar-refractivity contribution is -0.139. The first-order chi connectivity index (χ1) is 7.02. The van der Waals surface area contributed by atoms with Crippen LogP contribution in [0.15, 0.2) is 12.2 Å². The molecule has 0 aliphatic heterocycles. The van der Waals surface area contributed by atoms with Crippen LogP contribution >= 0.6 is 0 Å². The molecule has 0 bridgehead atoms. The maximum atomic E-state index is 12.1. The summed E-state index contributed by atoms with van der Waals surface area (Å²) < 4.78 is 36.2. The summed E-state index contributed by atoms with van der Waals surface area (Å²) >= 11 is 0. The number of hydrogen-bond donors (Lipinski definition) is 1. The minimum atomic E-state index is -4.82. The molecule has 0 aliphatic rings. The maximum Gasteiger partial charge on any atom is 0.421 e. The highest BCUT2D eigenvalue weighted by molar-refractivity contribution is 6.05. The number of halogens is 3.